The maximum atomic E-state index is 11.9. The smallest absolute Gasteiger partial charge is 0.336 e. The predicted octanol–water partition coefficient (Wildman–Crippen LogP) is 4.11. The fraction of sp³-hybridized carbons (Fsp3) is 0.500. The topological polar surface area (TPSA) is 105 Å². The first-order valence-electron chi connectivity index (χ1n) is 10.3. The van der Waals surface area contributed by atoms with Crippen LogP contribution in [0.25, 0.3) is 0 Å². The van der Waals surface area contributed by atoms with Gasteiger partial charge >= 0.3 is 23.9 Å². The van der Waals surface area contributed by atoms with Crippen molar-refractivity contribution in [3.05, 3.63) is 48.6 Å². The summed E-state index contributed by atoms with van der Waals surface area (Å²) in [5.74, 6) is -2.39. The van der Waals surface area contributed by atoms with Gasteiger partial charge in [0.1, 0.15) is 6.10 Å². The van der Waals surface area contributed by atoms with Crippen molar-refractivity contribution < 1.29 is 38.1 Å². The molecule has 0 N–H and O–H groups in total. The summed E-state index contributed by atoms with van der Waals surface area (Å²) in [5, 5.41) is 0. The maximum Gasteiger partial charge on any atom is 0.336 e. The zero-order valence-corrected chi connectivity index (χ0v) is 19.5. The first kappa shape index (κ1) is 28.8. The summed E-state index contributed by atoms with van der Waals surface area (Å²) in [6.07, 6.45) is 0.283. The highest BCUT2D eigenvalue weighted by molar-refractivity contribution is 5.89. The second kappa shape index (κ2) is 14.8. The Morgan fingerprint density at radius 2 is 1.00 bits per heavy atom. The molecule has 0 saturated carbocycles. The molecule has 0 aromatic carbocycles. The van der Waals surface area contributed by atoms with Crippen LogP contribution in [0.15, 0.2) is 48.6 Å². The summed E-state index contributed by atoms with van der Waals surface area (Å²) in [5.41, 5.74) is 0.889. The number of hydrogen-bond acceptors (Lipinski definition) is 8. The minimum absolute atomic E-state index is 0.155. The normalized spacial score (nSPS) is 11.2. The largest absolute Gasteiger partial charge is 0.462 e. The summed E-state index contributed by atoms with van der Waals surface area (Å²) in [6, 6.07) is 0. The number of carbonyl (C=O) groups is 4. The van der Waals surface area contributed by atoms with E-state index in [0.717, 1.165) is 0 Å². The van der Waals surface area contributed by atoms with Crippen LogP contribution in [0.2, 0.25) is 0 Å². The SMILES string of the molecule is C=C(C)C(=O)OCCCC(CCCC(OC(=O)C(=C)C)OC(=O)C(=C)C)OC(=O)C(=C)C. The summed E-state index contributed by atoms with van der Waals surface area (Å²) >= 11 is 0. The van der Waals surface area contributed by atoms with Crippen LogP contribution >= 0.6 is 0 Å². The molecule has 0 fully saturated rings. The van der Waals surface area contributed by atoms with Gasteiger partial charge in [-0.1, -0.05) is 26.3 Å². The molecular weight excluding hydrogens is 416 g/mol. The van der Waals surface area contributed by atoms with Crippen LogP contribution in [-0.2, 0) is 38.1 Å². The molecule has 0 aliphatic rings. The third kappa shape index (κ3) is 12.5. The van der Waals surface area contributed by atoms with Crippen LogP contribution in [-0.4, -0.2) is 42.9 Å². The van der Waals surface area contributed by atoms with Crippen molar-refractivity contribution in [2.24, 2.45) is 0 Å². The fourth-order valence-corrected chi connectivity index (χ4v) is 2.21. The van der Waals surface area contributed by atoms with Gasteiger partial charge < -0.3 is 18.9 Å². The third-order valence-electron chi connectivity index (χ3n) is 4.01. The molecule has 0 aliphatic carbocycles. The zero-order valence-electron chi connectivity index (χ0n) is 19.5. The second-order valence-corrected chi connectivity index (χ2v) is 7.60. The molecule has 8 heteroatoms. The van der Waals surface area contributed by atoms with Crippen LogP contribution in [0.3, 0.4) is 0 Å². The molecule has 0 amide bonds. The molecule has 0 bridgehead atoms. The van der Waals surface area contributed by atoms with Crippen molar-refractivity contribution in [2.75, 3.05) is 6.61 Å². The van der Waals surface area contributed by atoms with Crippen molar-refractivity contribution >= 4 is 23.9 Å². The number of ether oxygens (including phenoxy) is 4. The second-order valence-electron chi connectivity index (χ2n) is 7.60. The molecule has 0 radical (unpaired) electrons. The maximum absolute atomic E-state index is 11.9. The lowest BCUT2D eigenvalue weighted by molar-refractivity contribution is -0.183. The first-order valence-corrected chi connectivity index (χ1v) is 10.3. The molecule has 0 spiro atoms. The lowest BCUT2D eigenvalue weighted by Crippen LogP contribution is -2.26. The van der Waals surface area contributed by atoms with Gasteiger partial charge in [0.15, 0.2) is 0 Å². The number of carbonyl (C=O) groups excluding carboxylic acids is 4. The number of hydrogen-bond donors (Lipinski definition) is 0. The lowest BCUT2D eigenvalue weighted by atomic mass is 10.1. The first-order chi connectivity index (χ1) is 14.8. The summed E-state index contributed by atoms with van der Waals surface area (Å²) in [7, 11) is 0. The van der Waals surface area contributed by atoms with Crippen molar-refractivity contribution in [3.8, 4) is 0 Å². The molecule has 0 aliphatic heterocycles. The van der Waals surface area contributed by atoms with Gasteiger partial charge in [0, 0.05) is 28.7 Å². The molecular formula is C24H34O8. The fourth-order valence-electron chi connectivity index (χ4n) is 2.21. The Morgan fingerprint density at radius 1 is 0.594 bits per heavy atom. The average Bonchev–Trinajstić information content (AvgIpc) is 2.69. The van der Waals surface area contributed by atoms with Gasteiger partial charge in [-0.3, -0.25) is 0 Å². The van der Waals surface area contributed by atoms with E-state index in [1.54, 1.807) is 6.92 Å². The van der Waals surface area contributed by atoms with Gasteiger partial charge in [0.05, 0.1) is 6.61 Å². The molecule has 1 unspecified atom stereocenters. The van der Waals surface area contributed by atoms with Gasteiger partial charge in [-0.25, -0.2) is 19.2 Å². The molecule has 0 aromatic rings. The monoisotopic (exact) mass is 450 g/mol. The van der Waals surface area contributed by atoms with E-state index in [1.165, 1.54) is 20.8 Å². The molecule has 0 aromatic heterocycles. The quantitative estimate of drug-likeness (QED) is 0.121. The van der Waals surface area contributed by atoms with E-state index < -0.39 is 36.3 Å². The van der Waals surface area contributed by atoms with E-state index in [2.05, 4.69) is 26.3 Å². The van der Waals surface area contributed by atoms with Crippen LogP contribution in [0.4, 0.5) is 0 Å². The van der Waals surface area contributed by atoms with Crippen molar-refractivity contribution in [2.45, 2.75) is 72.2 Å². The van der Waals surface area contributed by atoms with E-state index in [0.29, 0.717) is 31.3 Å². The molecule has 0 heterocycles. The molecule has 1 atom stereocenters. The Kier molecular flexibility index (Phi) is 13.3. The molecule has 178 valence electrons. The Balaban J connectivity index is 4.93. The summed E-state index contributed by atoms with van der Waals surface area (Å²) < 4.78 is 20.8. The highest BCUT2D eigenvalue weighted by atomic mass is 16.7. The Morgan fingerprint density at radius 3 is 1.44 bits per heavy atom. The average molecular weight is 451 g/mol. The zero-order chi connectivity index (χ0) is 24.8. The van der Waals surface area contributed by atoms with Crippen LogP contribution in [0, 0.1) is 0 Å². The van der Waals surface area contributed by atoms with Gasteiger partial charge in [-0.15, -0.1) is 0 Å². The lowest BCUT2D eigenvalue weighted by Gasteiger charge is -2.21. The molecule has 8 nitrogen and oxygen atoms in total. The van der Waals surface area contributed by atoms with Crippen LogP contribution in [0.5, 0.6) is 0 Å². The minimum Gasteiger partial charge on any atom is -0.462 e. The highest BCUT2D eigenvalue weighted by Crippen LogP contribution is 2.17. The Bertz CT molecular complexity index is 734. The van der Waals surface area contributed by atoms with E-state index >= 15 is 0 Å². The molecule has 0 rings (SSSR count). The molecule has 0 saturated heterocycles. The van der Waals surface area contributed by atoms with Gasteiger partial charge in [-0.2, -0.15) is 0 Å². The van der Waals surface area contributed by atoms with Crippen LogP contribution in [0.1, 0.15) is 59.8 Å². The highest BCUT2D eigenvalue weighted by Gasteiger charge is 2.22. The standard InChI is InChI=1S/C24H34O8/c1-15(2)21(25)29-14-10-12-19(30-22(26)16(3)4)11-9-13-20(31-23(27)17(5)6)32-24(28)18(7)8/h19-20H,1,3,5,7,9-14H2,2,4,6,8H3. The minimum atomic E-state index is -1.13. The van der Waals surface area contributed by atoms with E-state index in [4.69, 9.17) is 18.9 Å². The third-order valence-corrected chi connectivity index (χ3v) is 4.01. The Labute approximate surface area is 189 Å². The van der Waals surface area contributed by atoms with Crippen LogP contribution < -0.4 is 0 Å². The van der Waals surface area contributed by atoms with Gasteiger partial charge in [0.2, 0.25) is 6.29 Å². The summed E-state index contributed by atoms with van der Waals surface area (Å²) in [6.45, 7) is 20.3. The number of rotatable bonds is 15. The number of esters is 4. The van der Waals surface area contributed by atoms with E-state index in [1.807, 2.05) is 0 Å². The van der Waals surface area contributed by atoms with Crippen molar-refractivity contribution in [1.29, 1.82) is 0 Å². The van der Waals surface area contributed by atoms with Crippen molar-refractivity contribution in [3.63, 3.8) is 0 Å². The van der Waals surface area contributed by atoms with Crippen molar-refractivity contribution in [1.82, 2.24) is 0 Å². The molecule has 32 heavy (non-hydrogen) atoms. The van der Waals surface area contributed by atoms with Gasteiger partial charge in [-0.05, 0) is 53.4 Å². The summed E-state index contributed by atoms with van der Waals surface area (Å²) in [4.78, 5) is 47.1. The Hall–Kier alpha value is -3.16. The van der Waals surface area contributed by atoms with Gasteiger partial charge in [0.25, 0.3) is 0 Å². The van der Waals surface area contributed by atoms with E-state index in [-0.39, 0.29) is 29.7 Å². The predicted molar refractivity (Wildman–Crippen MR) is 119 cm³/mol. The van der Waals surface area contributed by atoms with E-state index in [9.17, 15) is 19.2 Å².